The van der Waals surface area contributed by atoms with Gasteiger partial charge in [-0.15, -0.1) is 0 Å². The van der Waals surface area contributed by atoms with Crippen molar-refractivity contribution in [3.8, 4) is 0 Å². The quantitative estimate of drug-likeness (QED) is 0.0261. The van der Waals surface area contributed by atoms with Crippen molar-refractivity contribution in [2.24, 2.45) is 0 Å². The molecule has 0 fully saturated rings. The zero-order valence-electron chi connectivity index (χ0n) is 55.3. The lowest BCUT2D eigenvalue weighted by atomic mass is 10.0. The first-order valence-corrected chi connectivity index (χ1v) is 36.6. The van der Waals surface area contributed by atoms with Crippen molar-refractivity contribution in [2.75, 3.05) is 13.2 Å². The van der Waals surface area contributed by atoms with Gasteiger partial charge in [0, 0.05) is 19.3 Å². The monoisotopic (exact) mass is 1150 g/mol. The lowest BCUT2D eigenvalue weighted by Crippen LogP contribution is -2.30. The summed E-state index contributed by atoms with van der Waals surface area (Å²) in [6, 6.07) is 0. The van der Waals surface area contributed by atoms with Crippen molar-refractivity contribution in [2.45, 2.75) is 406 Å². The fourth-order valence-electron chi connectivity index (χ4n) is 11.0. The van der Waals surface area contributed by atoms with Gasteiger partial charge in [-0.05, 0) is 83.5 Å². The summed E-state index contributed by atoms with van der Waals surface area (Å²) in [6.45, 7) is 6.69. The average Bonchev–Trinajstić information content (AvgIpc) is 3.47. The number of unbranched alkanes of at least 4 members (excludes halogenated alkanes) is 49. The van der Waals surface area contributed by atoms with Crippen LogP contribution in [0.1, 0.15) is 400 Å². The van der Waals surface area contributed by atoms with Crippen molar-refractivity contribution in [1.82, 2.24) is 0 Å². The molecule has 1 atom stereocenters. The number of rotatable bonds is 68. The van der Waals surface area contributed by atoms with E-state index in [1.165, 1.54) is 283 Å². The van der Waals surface area contributed by atoms with Crippen LogP contribution < -0.4 is 0 Å². The first-order valence-electron chi connectivity index (χ1n) is 36.6. The van der Waals surface area contributed by atoms with E-state index in [1.807, 2.05) is 0 Å². The molecule has 0 saturated carbocycles. The number of carbonyl (C=O) groups excluding carboxylic acids is 3. The van der Waals surface area contributed by atoms with Crippen molar-refractivity contribution in [3.63, 3.8) is 0 Å². The molecule has 0 aliphatic heterocycles. The maximum atomic E-state index is 13.0. The Morgan fingerprint density at radius 1 is 0.244 bits per heavy atom. The largest absolute Gasteiger partial charge is 0.462 e. The molecule has 0 aromatic heterocycles. The van der Waals surface area contributed by atoms with Crippen LogP contribution >= 0.6 is 0 Å². The first-order chi connectivity index (χ1) is 40.5. The Morgan fingerprint density at radius 3 is 0.695 bits per heavy atom. The molecule has 6 heteroatoms. The second-order valence-corrected chi connectivity index (χ2v) is 24.9. The summed E-state index contributed by atoms with van der Waals surface area (Å²) in [5, 5.41) is 0. The van der Waals surface area contributed by atoms with Gasteiger partial charge < -0.3 is 14.2 Å². The fourth-order valence-corrected chi connectivity index (χ4v) is 11.0. The van der Waals surface area contributed by atoms with Gasteiger partial charge in [-0.2, -0.15) is 0 Å². The van der Waals surface area contributed by atoms with E-state index in [-0.39, 0.29) is 31.1 Å². The van der Waals surface area contributed by atoms with Crippen molar-refractivity contribution in [1.29, 1.82) is 0 Å². The topological polar surface area (TPSA) is 78.9 Å². The summed E-state index contributed by atoms with van der Waals surface area (Å²) >= 11 is 0. The van der Waals surface area contributed by atoms with E-state index in [0.29, 0.717) is 19.3 Å². The third kappa shape index (κ3) is 68.2. The minimum absolute atomic E-state index is 0.0711. The molecule has 0 amide bonds. The molecule has 0 aliphatic rings. The van der Waals surface area contributed by atoms with Crippen LogP contribution in [0.4, 0.5) is 0 Å². The van der Waals surface area contributed by atoms with Crippen LogP contribution in [0.2, 0.25) is 0 Å². The van der Waals surface area contributed by atoms with Crippen LogP contribution in [0.3, 0.4) is 0 Å². The number of allylic oxidation sites excluding steroid dienone is 8. The van der Waals surface area contributed by atoms with E-state index < -0.39 is 6.10 Å². The maximum absolute atomic E-state index is 13.0. The molecule has 0 saturated heterocycles. The first kappa shape index (κ1) is 79.4. The second-order valence-electron chi connectivity index (χ2n) is 24.9. The summed E-state index contributed by atoms with van der Waals surface area (Å²) in [7, 11) is 0. The molecule has 0 aliphatic carbocycles. The molecule has 0 N–H and O–H groups in total. The molecular weight excluding hydrogens is 1010 g/mol. The highest BCUT2D eigenvalue weighted by Crippen LogP contribution is 2.18. The molecule has 0 rings (SSSR count). The van der Waals surface area contributed by atoms with Gasteiger partial charge in [0.15, 0.2) is 6.10 Å². The molecule has 0 aromatic carbocycles. The Labute approximate surface area is 511 Å². The van der Waals surface area contributed by atoms with Gasteiger partial charge in [-0.25, -0.2) is 0 Å². The maximum Gasteiger partial charge on any atom is 0.306 e. The van der Waals surface area contributed by atoms with Gasteiger partial charge in [0.05, 0.1) is 0 Å². The van der Waals surface area contributed by atoms with E-state index in [1.54, 1.807) is 0 Å². The molecule has 0 aromatic rings. The molecule has 82 heavy (non-hydrogen) atoms. The number of ether oxygens (including phenoxy) is 3. The predicted octanol–water partition coefficient (Wildman–Crippen LogP) is 25.3. The number of esters is 3. The zero-order chi connectivity index (χ0) is 59.2. The van der Waals surface area contributed by atoms with Crippen LogP contribution in [-0.4, -0.2) is 37.2 Å². The average molecular weight is 1150 g/mol. The Bertz CT molecular complexity index is 1410. The van der Waals surface area contributed by atoms with Gasteiger partial charge in [-0.1, -0.05) is 345 Å². The summed E-state index contributed by atoms with van der Waals surface area (Å²) in [4.78, 5) is 38.5. The molecule has 6 nitrogen and oxygen atoms in total. The Hall–Kier alpha value is -2.63. The standard InChI is InChI=1S/C76H140O6/c1-4-7-10-13-16-19-22-25-28-30-32-34-35-36-37-38-39-40-41-43-44-46-48-51-54-57-60-63-66-69-75(78)81-72-73(71-80-74(77)68-65-62-59-56-53-50-27-24-21-18-15-12-9-6-3)82-76(79)70-67-64-61-58-55-52-49-47-45-42-33-31-29-26-23-20-17-14-11-8-5-2/h22,24-25,27,30,32,35-36,73H,4-21,23,26,28-29,31,33-34,37-72H2,1-3H3/b25-22-,27-24-,32-30-,36-35-. The second kappa shape index (κ2) is 70.9. The van der Waals surface area contributed by atoms with E-state index >= 15 is 0 Å². The summed E-state index contributed by atoms with van der Waals surface area (Å²) < 4.78 is 17.0. The molecule has 1 unspecified atom stereocenters. The summed E-state index contributed by atoms with van der Waals surface area (Å²) in [6.07, 6.45) is 90.0. The number of carbonyl (C=O) groups is 3. The highest BCUT2D eigenvalue weighted by atomic mass is 16.6. The SMILES string of the molecule is CCCCCCC/C=C\C/C=C\C/C=C\CCCCCCCCCCCCCCCCC(=O)OCC(COC(=O)CCCCCCC/C=C\CCCCCCC)OC(=O)CCCCCCCCCCCCCCCCCCCCCCC. The van der Waals surface area contributed by atoms with Gasteiger partial charge in [0.2, 0.25) is 0 Å². The van der Waals surface area contributed by atoms with Gasteiger partial charge in [0.25, 0.3) is 0 Å². The normalized spacial score (nSPS) is 12.3. The van der Waals surface area contributed by atoms with Crippen LogP contribution in [0.25, 0.3) is 0 Å². The highest BCUT2D eigenvalue weighted by Gasteiger charge is 2.19. The van der Waals surface area contributed by atoms with Crippen LogP contribution in [0.5, 0.6) is 0 Å². The fraction of sp³-hybridized carbons (Fsp3) is 0.855. The van der Waals surface area contributed by atoms with E-state index in [9.17, 15) is 14.4 Å². The minimum atomic E-state index is -0.775. The minimum Gasteiger partial charge on any atom is -0.462 e. The van der Waals surface area contributed by atoms with Gasteiger partial charge >= 0.3 is 17.9 Å². The third-order valence-electron chi connectivity index (χ3n) is 16.6. The van der Waals surface area contributed by atoms with Gasteiger partial charge in [0.1, 0.15) is 13.2 Å². The van der Waals surface area contributed by atoms with Crippen molar-refractivity contribution in [3.05, 3.63) is 48.6 Å². The predicted molar refractivity (Wildman–Crippen MR) is 358 cm³/mol. The van der Waals surface area contributed by atoms with Crippen LogP contribution in [-0.2, 0) is 28.6 Å². The molecule has 0 radical (unpaired) electrons. The number of hydrogen-bond acceptors (Lipinski definition) is 6. The van der Waals surface area contributed by atoms with Crippen molar-refractivity contribution >= 4 is 17.9 Å². The Morgan fingerprint density at radius 2 is 0.439 bits per heavy atom. The number of hydrogen-bond donors (Lipinski definition) is 0. The van der Waals surface area contributed by atoms with E-state index in [2.05, 4.69) is 69.4 Å². The van der Waals surface area contributed by atoms with E-state index in [0.717, 1.165) is 77.0 Å². The Balaban J connectivity index is 4.23. The molecule has 0 heterocycles. The summed E-state index contributed by atoms with van der Waals surface area (Å²) in [5.41, 5.74) is 0. The van der Waals surface area contributed by atoms with Gasteiger partial charge in [-0.3, -0.25) is 14.4 Å². The van der Waals surface area contributed by atoms with Crippen LogP contribution in [0, 0.1) is 0 Å². The smallest absolute Gasteiger partial charge is 0.306 e. The van der Waals surface area contributed by atoms with Crippen LogP contribution in [0.15, 0.2) is 48.6 Å². The molecular formula is C76H140O6. The van der Waals surface area contributed by atoms with Crippen molar-refractivity contribution < 1.29 is 28.6 Å². The molecule has 480 valence electrons. The van der Waals surface area contributed by atoms with E-state index in [4.69, 9.17) is 14.2 Å². The highest BCUT2D eigenvalue weighted by molar-refractivity contribution is 5.71. The molecule has 0 bridgehead atoms. The zero-order valence-corrected chi connectivity index (χ0v) is 55.3. The summed E-state index contributed by atoms with van der Waals surface area (Å²) in [5.74, 6) is -0.851. The molecule has 0 spiro atoms. The third-order valence-corrected chi connectivity index (χ3v) is 16.6. The lowest BCUT2D eigenvalue weighted by molar-refractivity contribution is -0.167. The Kier molecular flexibility index (Phi) is 68.6. The lowest BCUT2D eigenvalue weighted by Gasteiger charge is -2.18.